The predicted molar refractivity (Wildman–Crippen MR) is 182 cm³/mol. The summed E-state index contributed by atoms with van der Waals surface area (Å²) in [5.74, 6) is 5.97. The molecule has 6 heterocycles. The van der Waals surface area contributed by atoms with Gasteiger partial charge in [0.2, 0.25) is 0 Å². The maximum atomic E-state index is 4.26. The lowest BCUT2D eigenvalue weighted by molar-refractivity contribution is 0.167. The van der Waals surface area contributed by atoms with E-state index in [4.69, 9.17) is 0 Å². The van der Waals surface area contributed by atoms with E-state index < -0.39 is 0 Å². The molecule has 250 valence electrons. The first-order valence-electron chi connectivity index (χ1n) is 19.4. The van der Waals surface area contributed by atoms with Crippen molar-refractivity contribution in [1.29, 1.82) is 0 Å². The van der Waals surface area contributed by atoms with Gasteiger partial charge in [0.25, 0.3) is 0 Å². The fraction of sp³-hybridized carbons (Fsp3) is 0.889. The lowest BCUT2D eigenvalue weighted by atomic mass is 9.76. The number of nitrogens with one attached hydrogen (secondary N) is 8. The predicted octanol–water partition coefficient (Wildman–Crippen LogP) is 4.35. The summed E-state index contributed by atoms with van der Waals surface area (Å²) in [6.45, 7) is 0. The molecule has 8 unspecified atom stereocenters. The molecule has 9 fully saturated rings. The van der Waals surface area contributed by atoms with Gasteiger partial charge in [-0.15, -0.1) is 0 Å². The first-order valence-corrected chi connectivity index (χ1v) is 20.3. The normalized spacial score (nSPS) is 52.1. The zero-order valence-electron chi connectivity index (χ0n) is 27.3. The molecule has 8 atom stereocenters. The van der Waals surface area contributed by atoms with Crippen LogP contribution in [0.25, 0.3) is 0 Å². The summed E-state index contributed by atoms with van der Waals surface area (Å²) in [5.41, 5.74) is 0. The van der Waals surface area contributed by atoms with Gasteiger partial charge in [0.1, 0.15) is 0 Å². The average Bonchev–Trinajstić information content (AvgIpc) is 3.93. The molecule has 45 heavy (non-hydrogen) atoms. The molecular formula is C36H60N8S. The second-order valence-corrected chi connectivity index (χ2v) is 17.2. The van der Waals surface area contributed by atoms with Gasteiger partial charge in [-0.2, -0.15) is 11.3 Å². The molecule has 1 aromatic heterocycles. The Morgan fingerprint density at radius 1 is 0.289 bits per heavy atom. The Labute approximate surface area is 275 Å². The molecule has 4 saturated carbocycles. The largest absolute Gasteiger partial charge is 0.286 e. The molecule has 0 spiro atoms. The van der Waals surface area contributed by atoms with Crippen LogP contribution in [-0.2, 0) is 0 Å². The average molecular weight is 637 g/mol. The minimum absolute atomic E-state index is 0.420. The van der Waals surface area contributed by atoms with Crippen LogP contribution < -0.4 is 42.5 Å². The van der Waals surface area contributed by atoms with E-state index in [1.807, 2.05) is 22.9 Å². The van der Waals surface area contributed by atoms with Crippen molar-refractivity contribution in [2.45, 2.75) is 152 Å². The zero-order chi connectivity index (χ0) is 29.7. The van der Waals surface area contributed by atoms with Crippen LogP contribution in [0.1, 0.15) is 103 Å². The summed E-state index contributed by atoms with van der Waals surface area (Å²) in [6, 6.07) is 4.04. The highest BCUT2D eigenvalue weighted by Gasteiger charge is 2.54. The number of hydrogen-bond acceptors (Lipinski definition) is 9. The second-order valence-electron chi connectivity index (χ2n) is 16.4. The molecular weight excluding hydrogens is 577 g/mol. The van der Waals surface area contributed by atoms with Crippen LogP contribution in [0.3, 0.4) is 0 Å². The van der Waals surface area contributed by atoms with Gasteiger partial charge >= 0.3 is 0 Å². The minimum Gasteiger partial charge on any atom is -0.286 e. The molecule has 9 aliphatic rings. The molecule has 1 aromatic rings. The Bertz CT molecular complexity index is 880. The first kappa shape index (κ1) is 30.4. The zero-order valence-corrected chi connectivity index (χ0v) is 28.1. The minimum atomic E-state index is 0.420. The molecule has 10 rings (SSSR count). The van der Waals surface area contributed by atoms with Crippen molar-refractivity contribution in [2.24, 2.45) is 47.3 Å². The molecule has 0 amide bonds. The third-order valence-electron chi connectivity index (χ3n) is 14.2. The van der Waals surface area contributed by atoms with Gasteiger partial charge < -0.3 is 0 Å². The summed E-state index contributed by atoms with van der Waals surface area (Å²) in [7, 11) is 0. The van der Waals surface area contributed by atoms with Crippen LogP contribution in [-0.4, -0.2) is 49.3 Å². The van der Waals surface area contributed by atoms with E-state index in [2.05, 4.69) is 42.5 Å². The van der Waals surface area contributed by atoms with Crippen molar-refractivity contribution in [3.63, 3.8) is 0 Å². The summed E-state index contributed by atoms with van der Waals surface area (Å²) < 4.78 is 0. The highest BCUT2D eigenvalue weighted by molar-refractivity contribution is 7.07. The lowest BCUT2D eigenvalue weighted by Crippen LogP contribution is -2.61. The van der Waals surface area contributed by atoms with Crippen LogP contribution in [0.4, 0.5) is 0 Å². The summed E-state index contributed by atoms with van der Waals surface area (Å²) in [5, 5.41) is 37.9. The van der Waals surface area contributed by atoms with E-state index >= 15 is 0 Å². The fourth-order valence-corrected chi connectivity index (χ4v) is 12.7. The fourth-order valence-electron chi connectivity index (χ4n) is 12.2. The SMILES string of the molecule is C1CCC2C3NC(NC4NC(NC5NC(NC6NC(N3)C3CCCCC63)C3CCCCC53)C3CCCCC43)C2C1.c1ccsc1. The Kier molecular flexibility index (Phi) is 9.03. The van der Waals surface area contributed by atoms with Gasteiger partial charge in [-0.3, -0.25) is 42.5 Å². The molecule has 5 aliphatic heterocycles. The topological polar surface area (TPSA) is 96.2 Å². The van der Waals surface area contributed by atoms with Crippen molar-refractivity contribution in [1.82, 2.24) is 42.5 Å². The first-order chi connectivity index (χ1) is 22.3. The van der Waals surface area contributed by atoms with Crippen LogP contribution in [0.15, 0.2) is 22.9 Å². The number of rotatable bonds is 0. The number of hydrogen-bond donors (Lipinski definition) is 8. The highest BCUT2D eigenvalue weighted by Crippen LogP contribution is 2.45. The van der Waals surface area contributed by atoms with Crippen LogP contribution in [0.5, 0.6) is 0 Å². The van der Waals surface area contributed by atoms with Crippen molar-refractivity contribution in [2.75, 3.05) is 0 Å². The van der Waals surface area contributed by atoms with Crippen molar-refractivity contribution < 1.29 is 0 Å². The molecule has 4 aliphatic carbocycles. The maximum Gasteiger partial charge on any atom is 0.0628 e. The van der Waals surface area contributed by atoms with Gasteiger partial charge in [0, 0.05) is 0 Å². The second kappa shape index (κ2) is 13.4. The van der Waals surface area contributed by atoms with Crippen LogP contribution in [0, 0.1) is 47.3 Å². The van der Waals surface area contributed by atoms with Gasteiger partial charge in [0.15, 0.2) is 0 Å². The Morgan fingerprint density at radius 2 is 0.467 bits per heavy atom. The van der Waals surface area contributed by atoms with Crippen molar-refractivity contribution in [3.05, 3.63) is 22.9 Å². The summed E-state index contributed by atoms with van der Waals surface area (Å²) in [4.78, 5) is 0. The quantitative estimate of drug-likeness (QED) is 0.213. The molecule has 9 heteroatoms. The van der Waals surface area contributed by atoms with E-state index in [1.54, 1.807) is 11.3 Å². The third-order valence-corrected chi connectivity index (χ3v) is 14.9. The van der Waals surface area contributed by atoms with E-state index in [0.29, 0.717) is 49.3 Å². The molecule has 5 saturated heterocycles. The van der Waals surface area contributed by atoms with Crippen LogP contribution >= 0.6 is 11.3 Å². The molecule has 8 bridgehead atoms. The standard InChI is InChI=1S/C32H56N8.C4H4S/c1-2-10-18-17(9-1)25-33-26(18)38-28-21-13-5-6-14-22(21)30(35-28)40-32-24-16-8-7-15-23(24)31(36-32)39-29-20-12-4-3-11-19(20)27(34-29)37-25;1-2-4-5-3-1/h17-40H,1-16H2;1-4H. The van der Waals surface area contributed by atoms with Crippen molar-refractivity contribution in [3.8, 4) is 0 Å². The molecule has 0 aromatic carbocycles. The van der Waals surface area contributed by atoms with Gasteiger partial charge in [-0.1, -0.05) is 63.5 Å². The monoisotopic (exact) mass is 636 g/mol. The van der Waals surface area contributed by atoms with Gasteiger partial charge in [-0.05, 0) is 109 Å². The van der Waals surface area contributed by atoms with Gasteiger partial charge in [-0.25, -0.2) is 0 Å². The highest BCUT2D eigenvalue weighted by atomic mass is 32.1. The van der Waals surface area contributed by atoms with Gasteiger partial charge in [0.05, 0.1) is 49.3 Å². The number of fused-ring (bicyclic) bond motifs is 20. The summed E-state index contributed by atoms with van der Waals surface area (Å²) >= 11 is 1.71. The van der Waals surface area contributed by atoms with Crippen LogP contribution in [0.2, 0.25) is 0 Å². The molecule has 0 radical (unpaired) electrons. The van der Waals surface area contributed by atoms with E-state index in [-0.39, 0.29) is 0 Å². The third kappa shape index (κ3) is 5.88. The Morgan fingerprint density at radius 3 is 0.600 bits per heavy atom. The summed E-state index contributed by atoms with van der Waals surface area (Å²) in [6.07, 6.45) is 25.6. The smallest absolute Gasteiger partial charge is 0.0628 e. The number of thiophene rings is 1. The van der Waals surface area contributed by atoms with E-state index in [0.717, 1.165) is 47.3 Å². The lowest BCUT2D eigenvalue weighted by Gasteiger charge is -2.35. The van der Waals surface area contributed by atoms with Crippen molar-refractivity contribution >= 4 is 11.3 Å². The molecule has 8 N–H and O–H groups in total. The maximum absolute atomic E-state index is 4.26. The van der Waals surface area contributed by atoms with E-state index in [1.165, 1.54) is 103 Å². The Balaban J connectivity index is 0.000000515. The molecule has 8 nitrogen and oxygen atoms in total. The van der Waals surface area contributed by atoms with E-state index in [9.17, 15) is 0 Å². The Hall–Kier alpha value is -0.620.